The van der Waals surface area contributed by atoms with Crippen LogP contribution in [0.3, 0.4) is 0 Å². The number of benzene rings is 1. The Bertz CT molecular complexity index is 961. The SMILES string of the molecule is Cc1ccnc([C@H]2C[C@@H]2c2ccc3c(C#N)cc(Br)cc3n2)n1. The van der Waals surface area contributed by atoms with Crippen molar-refractivity contribution < 1.29 is 0 Å². The molecule has 0 amide bonds. The van der Waals surface area contributed by atoms with Crippen LogP contribution in [0.5, 0.6) is 0 Å². The first-order chi connectivity index (χ1) is 11.2. The fourth-order valence-corrected chi connectivity index (χ4v) is 3.42. The van der Waals surface area contributed by atoms with Gasteiger partial charge in [-0.2, -0.15) is 5.26 Å². The lowest BCUT2D eigenvalue weighted by Crippen LogP contribution is -1.96. The van der Waals surface area contributed by atoms with Crippen LogP contribution in [0.4, 0.5) is 0 Å². The van der Waals surface area contributed by atoms with Gasteiger partial charge in [-0.3, -0.25) is 4.98 Å². The van der Waals surface area contributed by atoms with Crippen molar-refractivity contribution in [3.8, 4) is 6.07 Å². The Labute approximate surface area is 142 Å². The molecule has 2 atom stereocenters. The molecule has 0 bridgehead atoms. The molecule has 5 heteroatoms. The first-order valence-corrected chi connectivity index (χ1v) is 8.25. The summed E-state index contributed by atoms with van der Waals surface area (Å²) in [6.45, 7) is 1.98. The van der Waals surface area contributed by atoms with Gasteiger partial charge in [-0.25, -0.2) is 9.97 Å². The minimum atomic E-state index is 0.349. The van der Waals surface area contributed by atoms with Crippen molar-refractivity contribution in [3.05, 3.63) is 63.8 Å². The van der Waals surface area contributed by atoms with Crippen molar-refractivity contribution in [1.82, 2.24) is 15.0 Å². The van der Waals surface area contributed by atoms with E-state index in [2.05, 4.69) is 32.0 Å². The van der Waals surface area contributed by atoms with Crippen LogP contribution in [0.2, 0.25) is 0 Å². The van der Waals surface area contributed by atoms with E-state index in [1.165, 1.54) is 0 Å². The molecule has 0 aliphatic heterocycles. The van der Waals surface area contributed by atoms with Crippen LogP contribution in [-0.2, 0) is 0 Å². The Kier molecular flexibility index (Phi) is 3.35. The molecule has 1 aliphatic carbocycles. The lowest BCUT2D eigenvalue weighted by molar-refractivity contribution is 0.867. The second kappa shape index (κ2) is 5.39. The summed E-state index contributed by atoms with van der Waals surface area (Å²) in [5.74, 6) is 1.62. The highest BCUT2D eigenvalue weighted by molar-refractivity contribution is 9.10. The zero-order valence-corrected chi connectivity index (χ0v) is 14.1. The van der Waals surface area contributed by atoms with Gasteiger partial charge in [0.05, 0.1) is 17.1 Å². The summed E-state index contributed by atoms with van der Waals surface area (Å²) in [6.07, 6.45) is 2.85. The van der Waals surface area contributed by atoms with Crippen molar-refractivity contribution in [2.45, 2.75) is 25.2 Å². The first-order valence-electron chi connectivity index (χ1n) is 7.45. The van der Waals surface area contributed by atoms with Crippen LogP contribution in [0.25, 0.3) is 10.9 Å². The van der Waals surface area contributed by atoms with Crippen LogP contribution in [0.15, 0.2) is 41.0 Å². The van der Waals surface area contributed by atoms with E-state index in [1.54, 1.807) is 0 Å². The second-order valence-electron chi connectivity index (χ2n) is 5.87. The van der Waals surface area contributed by atoms with Gasteiger partial charge in [0.25, 0.3) is 0 Å². The molecule has 1 aromatic carbocycles. The van der Waals surface area contributed by atoms with E-state index < -0.39 is 0 Å². The van der Waals surface area contributed by atoms with Gasteiger partial charge >= 0.3 is 0 Å². The zero-order valence-electron chi connectivity index (χ0n) is 12.5. The van der Waals surface area contributed by atoms with Crippen LogP contribution in [-0.4, -0.2) is 15.0 Å². The quantitative estimate of drug-likeness (QED) is 0.682. The van der Waals surface area contributed by atoms with Crippen molar-refractivity contribution in [2.75, 3.05) is 0 Å². The number of fused-ring (bicyclic) bond motifs is 1. The molecule has 0 radical (unpaired) electrons. The van der Waals surface area contributed by atoms with Gasteiger partial charge in [0.2, 0.25) is 0 Å². The fourth-order valence-electron chi connectivity index (χ4n) is 2.97. The van der Waals surface area contributed by atoms with Gasteiger partial charge in [0.1, 0.15) is 5.82 Å². The second-order valence-corrected chi connectivity index (χ2v) is 6.79. The van der Waals surface area contributed by atoms with Crippen molar-refractivity contribution in [1.29, 1.82) is 5.26 Å². The molecule has 1 saturated carbocycles. The minimum absolute atomic E-state index is 0.349. The first kappa shape index (κ1) is 14.3. The third-order valence-electron chi connectivity index (χ3n) is 4.23. The number of nitrogens with zero attached hydrogens (tertiary/aromatic N) is 4. The Morgan fingerprint density at radius 2 is 2.04 bits per heavy atom. The number of nitriles is 1. The van der Waals surface area contributed by atoms with E-state index in [9.17, 15) is 5.26 Å². The molecule has 4 nitrogen and oxygen atoms in total. The Balaban J connectivity index is 1.70. The van der Waals surface area contributed by atoms with E-state index in [4.69, 9.17) is 4.98 Å². The van der Waals surface area contributed by atoms with E-state index >= 15 is 0 Å². The number of rotatable bonds is 2. The Morgan fingerprint density at radius 3 is 2.83 bits per heavy atom. The molecule has 0 N–H and O–H groups in total. The molecule has 2 aromatic heterocycles. The summed E-state index contributed by atoms with van der Waals surface area (Å²) in [6, 6.07) is 11.9. The van der Waals surface area contributed by atoms with Crippen molar-refractivity contribution >= 4 is 26.8 Å². The molecule has 1 aliphatic rings. The summed E-state index contributed by atoms with van der Waals surface area (Å²) in [5.41, 5.74) is 3.54. The van der Waals surface area contributed by atoms with Gasteiger partial charge in [-0.15, -0.1) is 0 Å². The molecule has 0 unspecified atom stereocenters. The number of pyridine rings is 1. The zero-order chi connectivity index (χ0) is 16.0. The number of aromatic nitrogens is 3. The lowest BCUT2D eigenvalue weighted by atomic mass is 10.1. The Morgan fingerprint density at radius 1 is 1.17 bits per heavy atom. The van der Waals surface area contributed by atoms with Crippen LogP contribution in [0, 0.1) is 18.3 Å². The molecule has 0 spiro atoms. The van der Waals surface area contributed by atoms with Gasteiger partial charge in [-0.1, -0.05) is 15.9 Å². The van der Waals surface area contributed by atoms with Gasteiger partial charge in [0.15, 0.2) is 0 Å². The maximum Gasteiger partial charge on any atom is 0.132 e. The summed E-state index contributed by atoms with van der Waals surface area (Å²) in [7, 11) is 0. The third-order valence-corrected chi connectivity index (χ3v) is 4.69. The maximum atomic E-state index is 9.25. The number of hydrogen-bond acceptors (Lipinski definition) is 4. The normalized spacial score (nSPS) is 19.5. The summed E-state index contributed by atoms with van der Waals surface area (Å²) in [5, 5.41) is 10.1. The summed E-state index contributed by atoms with van der Waals surface area (Å²) in [4.78, 5) is 13.7. The standard InChI is InChI=1S/C18H13BrN4/c1-10-4-5-21-18(22-10)15-8-14(15)16-3-2-13-11(9-20)6-12(19)7-17(13)23-16/h2-7,14-15H,8H2,1H3/t14-,15-/m0/s1. The highest BCUT2D eigenvalue weighted by Gasteiger charge is 2.42. The smallest absolute Gasteiger partial charge is 0.132 e. The highest BCUT2D eigenvalue weighted by Crippen LogP contribution is 2.53. The third kappa shape index (κ3) is 2.60. The van der Waals surface area contributed by atoms with Crippen molar-refractivity contribution in [3.63, 3.8) is 0 Å². The molecule has 1 fully saturated rings. The van der Waals surface area contributed by atoms with Gasteiger partial charge in [-0.05, 0) is 43.7 Å². The maximum absolute atomic E-state index is 9.25. The van der Waals surface area contributed by atoms with E-state index in [0.717, 1.165) is 39.0 Å². The number of aryl methyl sites for hydroxylation is 1. The molecule has 4 rings (SSSR count). The monoisotopic (exact) mass is 364 g/mol. The predicted molar refractivity (Wildman–Crippen MR) is 91.0 cm³/mol. The van der Waals surface area contributed by atoms with Crippen molar-refractivity contribution in [2.24, 2.45) is 0 Å². The molecular formula is C18H13BrN4. The van der Waals surface area contributed by atoms with E-state index in [1.807, 2.05) is 43.5 Å². The number of halogens is 1. The van der Waals surface area contributed by atoms with Gasteiger partial charge < -0.3 is 0 Å². The van der Waals surface area contributed by atoms with Gasteiger partial charge in [0, 0.05) is 39.3 Å². The predicted octanol–water partition coefficient (Wildman–Crippen LogP) is 4.24. The van der Waals surface area contributed by atoms with Crippen LogP contribution < -0.4 is 0 Å². The molecule has 2 heterocycles. The lowest BCUT2D eigenvalue weighted by Gasteiger charge is -2.05. The topological polar surface area (TPSA) is 62.5 Å². The minimum Gasteiger partial charge on any atom is -0.252 e. The molecule has 3 aromatic rings. The average Bonchev–Trinajstić information content (AvgIpc) is 3.34. The summed E-state index contributed by atoms with van der Waals surface area (Å²) >= 11 is 3.45. The fraction of sp³-hybridized carbons (Fsp3) is 0.222. The molecule has 0 saturated heterocycles. The Hall–Kier alpha value is -2.32. The van der Waals surface area contributed by atoms with E-state index in [0.29, 0.717) is 17.4 Å². The molecule has 112 valence electrons. The summed E-state index contributed by atoms with van der Waals surface area (Å²) < 4.78 is 0.876. The number of hydrogen-bond donors (Lipinski definition) is 0. The van der Waals surface area contributed by atoms with Crippen LogP contribution >= 0.6 is 15.9 Å². The largest absolute Gasteiger partial charge is 0.252 e. The van der Waals surface area contributed by atoms with Crippen LogP contribution in [0.1, 0.15) is 41.0 Å². The van der Waals surface area contributed by atoms with E-state index in [-0.39, 0.29) is 0 Å². The average molecular weight is 365 g/mol. The highest BCUT2D eigenvalue weighted by atomic mass is 79.9. The molecular weight excluding hydrogens is 352 g/mol. The molecule has 23 heavy (non-hydrogen) atoms.